The summed E-state index contributed by atoms with van der Waals surface area (Å²) >= 11 is 3.12. The Labute approximate surface area is 124 Å². The summed E-state index contributed by atoms with van der Waals surface area (Å²) in [6.45, 7) is 3.66. The van der Waals surface area contributed by atoms with Gasteiger partial charge in [0.05, 0.1) is 11.7 Å². The summed E-state index contributed by atoms with van der Waals surface area (Å²) in [5, 5.41) is 12.9. The molecule has 0 heterocycles. The number of aromatic hydroxyl groups is 1. The number of halogens is 3. The average molecular weight is 342 g/mol. The van der Waals surface area contributed by atoms with Gasteiger partial charge in [-0.05, 0) is 47.5 Å². The van der Waals surface area contributed by atoms with E-state index in [-0.39, 0.29) is 17.5 Å². The quantitative estimate of drug-likeness (QED) is 0.830. The highest BCUT2D eigenvalue weighted by atomic mass is 79.9. The van der Waals surface area contributed by atoms with Crippen molar-refractivity contribution in [1.29, 1.82) is 0 Å². The van der Waals surface area contributed by atoms with Gasteiger partial charge in [-0.1, -0.05) is 12.1 Å². The fraction of sp³-hybridized carbons (Fsp3) is 0.200. The highest BCUT2D eigenvalue weighted by molar-refractivity contribution is 9.10. The molecule has 2 nitrogen and oxygen atoms in total. The molecule has 5 heteroatoms. The number of hydrogen-bond acceptors (Lipinski definition) is 2. The van der Waals surface area contributed by atoms with Crippen molar-refractivity contribution >= 4 is 21.6 Å². The fourth-order valence-corrected chi connectivity index (χ4v) is 2.52. The molecule has 0 saturated carbocycles. The monoisotopic (exact) mass is 341 g/mol. The fourth-order valence-electron chi connectivity index (χ4n) is 1.99. The molecule has 0 spiro atoms. The number of rotatable bonds is 3. The van der Waals surface area contributed by atoms with Crippen LogP contribution in [0.5, 0.6) is 5.75 Å². The van der Waals surface area contributed by atoms with Crippen LogP contribution in [0.2, 0.25) is 0 Å². The number of phenols is 1. The first kappa shape index (κ1) is 14.8. The second-order valence-electron chi connectivity index (χ2n) is 4.67. The molecule has 0 fully saturated rings. The van der Waals surface area contributed by atoms with Gasteiger partial charge < -0.3 is 10.4 Å². The number of benzene rings is 2. The molecule has 2 N–H and O–H groups in total. The Bertz CT molecular complexity index is 623. The smallest absolute Gasteiger partial charge is 0.150 e. The van der Waals surface area contributed by atoms with Crippen LogP contribution in [0.4, 0.5) is 14.5 Å². The molecule has 1 atom stereocenters. The minimum Gasteiger partial charge on any atom is -0.508 e. The van der Waals surface area contributed by atoms with Crippen LogP contribution in [0.3, 0.4) is 0 Å². The van der Waals surface area contributed by atoms with Crippen molar-refractivity contribution in [3.63, 3.8) is 0 Å². The summed E-state index contributed by atoms with van der Waals surface area (Å²) in [6, 6.07) is 6.96. The minimum atomic E-state index is -0.685. The van der Waals surface area contributed by atoms with Gasteiger partial charge in [0, 0.05) is 16.1 Å². The molecule has 0 bridgehead atoms. The van der Waals surface area contributed by atoms with E-state index in [4.69, 9.17) is 0 Å². The van der Waals surface area contributed by atoms with Crippen molar-refractivity contribution in [2.75, 3.05) is 5.32 Å². The normalized spacial score (nSPS) is 12.2. The Kier molecular flexibility index (Phi) is 4.28. The maximum absolute atomic E-state index is 13.8. The highest BCUT2D eigenvalue weighted by Gasteiger charge is 2.15. The Morgan fingerprint density at radius 2 is 1.90 bits per heavy atom. The van der Waals surface area contributed by atoms with Crippen LogP contribution in [-0.2, 0) is 0 Å². The molecule has 20 heavy (non-hydrogen) atoms. The van der Waals surface area contributed by atoms with E-state index >= 15 is 0 Å². The summed E-state index contributed by atoms with van der Waals surface area (Å²) in [4.78, 5) is 0. The Balaban J connectivity index is 2.30. The van der Waals surface area contributed by atoms with Crippen LogP contribution in [-0.4, -0.2) is 5.11 Å². The number of hydrogen-bond donors (Lipinski definition) is 2. The lowest BCUT2D eigenvalue weighted by Crippen LogP contribution is -2.09. The zero-order valence-electron chi connectivity index (χ0n) is 11.0. The molecule has 0 saturated heterocycles. The maximum Gasteiger partial charge on any atom is 0.150 e. The first-order chi connectivity index (χ1) is 9.38. The molecule has 2 rings (SSSR count). The van der Waals surface area contributed by atoms with Crippen molar-refractivity contribution in [3.8, 4) is 5.75 Å². The second-order valence-corrected chi connectivity index (χ2v) is 5.53. The van der Waals surface area contributed by atoms with Crippen molar-refractivity contribution in [3.05, 3.63) is 57.6 Å². The van der Waals surface area contributed by atoms with Gasteiger partial charge in [-0.3, -0.25) is 0 Å². The lowest BCUT2D eigenvalue weighted by Gasteiger charge is -2.19. The van der Waals surface area contributed by atoms with E-state index in [1.165, 1.54) is 6.07 Å². The number of aryl methyl sites for hydroxylation is 1. The molecule has 106 valence electrons. The Hall–Kier alpha value is -1.62. The molecule has 2 aromatic carbocycles. The highest BCUT2D eigenvalue weighted by Crippen LogP contribution is 2.32. The van der Waals surface area contributed by atoms with E-state index in [1.807, 2.05) is 13.0 Å². The van der Waals surface area contributed by atoms with Gasteiger partial charge in [0.15, 0.2) is 0 Å². The van der Waals surface area contributed by atoms with Gasteiger partial charge in [0.2, 0.25) is 0 Å². The van der Waals surface area contributed by atoms with Crippen molar-refractivity contribution < 1.29 is 13.9 Å². The summed E-state index contributed by atoms with van der Waals surface area (Å²) in [5.74, 6) is -1.19. The molecular formula is C15H14BrF2NO. The summed E-state index contributed by atoms with van der Waals surface area (Å²) in [6.07, 6.45) is 0. The van der Waals surface area contributed by atoms with E-state index in [0.29, 0.717) is 10.0 Å². The summed E-state index contributed by atoms with van der Waals surface area (Å²) in [7, 11) is 0. The number of nitrogens with one attached hydrogen (secondary N) is 1. The van der Waals surface area contributed by atoms with Crippen LogP contribution < -0.4 is 5.32 Å². The summed E-state index contributed by atoms with van der Waals surface area (Å²) < 4.78 is 27.1. The largest absolute Gasteiger partial charge is 0.508 e. The predicted molar refractivity (Wildman–Crippen MR) is 78.9 cm³/mol. The van der Waals surface area contributed by atoms with E-state index < -0.39 is 11.6 Å². The van der Waals surface area contributed by atoms with E-state index in [2.05, 4.69) is 21.2 Å². The molecule has 0 aliphatic heterocycles. The minimum absolute atomic E-state index is 0.142. The van der Waals surface area contributed by atoms with Gasteiger partial charge >= 0.3 is 0 Å². The number of anilines is 1. The molecule has 0 aromatic heterocycles. The van der Waals surface area contributed by atoms with E-state index in [1.54, 1.807) is 19.1 Å². The predicted octanol–water partition coefficient (Wildman–Crippen LogP) is 4.91. The van der Waals surface area contributed by atoms with Gasteiger partial charge in [-0.2, -0.15) is 0 Å². The van der Waals surface area contributed by atoms with Crippen molar-refractivity contribution in [1.82, 2.24) is 0 Å². The molecule has 2 aromatic rings. The number of phenolic OH excluding ortho intramolecular Hbond substituents is 1. The van der Waals surface area contributed by atoms with E-state index in [0.717, 1.165) is 11.6 Å². The lowest BCUT2D eigenvalue weighted by atomic mass is 10.0. The van der Waals surface area contributed by atoms with Gasteiger partial charge in [0.1, 0.15) is 17.4 Å². The summed E-state index contributed by atoms with van der Waals surface area (Å²) in [5.41, 5.74) is 1.75. The molecular weight excluding hydrogens is 328 g/mol. The molecule has 0 radical (unpaired) electrons. The Morgan fingerprint density at radius 3 is 2.50 bits per heavy atom. The third-order valence-corrected chi connectivity index (χ3v) is 3.65. The second kappa shape index (κ2) is 5.79. The molecule has 0 amide bonds. The molecule has 1 unspecified atom stereocenters. The maximum atomic E-state index is 13.8. The Morgan fingerprint density at radius 1 is 1.20 bits per heavy atom. The third kappa shape index (κ3) is 3.10. The van der Waals surface area contributed by atoms with Crippen LogP contribution in [0.25, 0.3) is 0 Å². The van der Waals surface area contributed by atoms with Crippen LogP contribution >= 0.6 is 15.9 Å². The molecule has 0 aliphatic rings. The van der Waals surface area contributed by atoms with Crippen LogP contribution in [0.15, 0.2) is 34.8 Å². The molecule has 0 aliphatic carbocycles. The van der Waals surface area contributed by atoms with Gasteiger partial charge in [-0.25, -0.2) is 8.78 Å². The van der Waals surface area contributed by atoms with Gasteiger partial charge in [-0.15, -0.1) is 0 Å². The SMILES string of the molecule is Cc1ccc(C(C)Nc2c(F)cc(F)cc2Br)c(O)c1. The van der Waals surface area contributed by atoms with Crippen molar-refractivity contribution in [2.45, 2.75) is 19.9 Å². The third-order valence-electron chi connectivity index (χ3n) is 3.02. The van der Waals surface area contributed by atoms with Gasteiger partial charge in [0.25, 0.3) is 0 Å². The van der Waals surface area contributed by atoms with Crippen molar-refractivity contribution in [2.24, 2.45) is 0 Å². The average Bonchev–Trinajstić information content (AvgIpc) is 2.33. The topological polar surface area (TPSA) is 32.3 Å². The zero-order chi connectivity index (χ0) is 14.9. The van der Waals surface area contributed by atoms with Crippen LogP contribution in [0.1, 0.15) is 24.1 Å². The first-order valence-corrected chi connectivity index (χ1v) is 6.88. The first-order valence-electron chi connectivity index (χ1n) is 6.09. The lowest BCUT2D eigenvalue weighted by molar-refractivity contribution is 0.464. The van der Waals surface area contributed by atoms with Crippen LogP contribution in [0, 0.1) is 18.6 Å². The standard InChI is InChI=1S/C15H14BrF2NO/c1-8-3-4-11(14(20)5-8)9(2)19-15-12(16)6-10(17)7-13(15)18/h3-7,9,19-20H,1-2H3. The zero-order valence-corrected chi connectivity index (χ0v) is 12.6. The van der Waals surface area contributed by atoms with E-state index in [9.17, 15) is 13.9 Å².